The van der Waals surface area contributed by atoms with Crippen LogP contribution in [0, 0.1) is 0 Å². The summed E-state index contributed by atoms with van der Waals surface area (Å²) in [5.41, 5.74) is 6.57. The first-order valence-corrected chi connectivity index (χ1v) is 8.97. The third kappa shape index (κ3) is 6.92. The summed E-state index contributed by atoms with van der Waals surface area (Å²) in [5, 5.41) is 0. The first kappa shape index (κ1) is 24.1. The summed E-state index contributed by atoms with van der Waals surface area (Å²) >= 11 is 0. The molecule has 0 aromatic heterocycles. The number of carbonyl (C=O) groups is 1. The van der Waals surface area contributed by atoms with Gasteiger partial charge in [0.15, 0.2) is 5.96 Å². The van der Waals surface area contributed by atoms with E-state index in [9.17, 15) is 4.79 Å². The number of nitrogens with zero attached hydrogens (tertiary/aromatic N) is 3. The lowest BCUT2D eigenvalue weighted by atomic mass is 10.2. The molecule has 1 amide bonds. The predicted octanol–water partition coefficient (Wildman–Crippen LogP) is 2.69. The SMILES string of the molecule is COc1ccc(CN=C(N)N2CCN(C(=O)OC(C)(C)C)CC2)c(OC)c1.I. The highest BCUT2D eigenvalue weighted by Gasteiger charge is 2.26. The van der Waals surface area contributed by atoms with Crippen molar-refractivity contribution >= 4 is 36.0 Å². The van der Waals surface area contributed by atoms with Gasteiger partial charge in [-0.15, -0.1) is 24.0 Å². The Bertz CT molecular complexity index is 683. The van der Waals surface area contributed by atoms with Crippen LogP contribution in [0.3, 0.4) is 0 Å². The van der Waals surface area contributed by atoms with E-state index in [1.165, 1.54) is 0 Å². The average molecular weight is 506 g/mol. The smallest absolute Gasteiger partial charge is 0.410 e. The highest BCUT2D eigenvalue weighted by atomic mass is 127. The minimum Gasteiger partial charge on any atom is -0.497 e. The van der Waals surface area contributed by atoms with Crippen molar-refractivity contribution in [2.24, 2.45) is 10.7 Å². The van der Waals surface area contributed by atoms with Crippen LogP contribution in [0.2, 0.25) is 0 Å². The van der Waals surface area contributed by atoms with Crippen LogP contribution >= 0.6 is 24.0 Å². The largest absolute Gasteiger partial charge is 0.497 e. The maximum Gasteiger partial charge on any atom is 0.410 e. The second-order valence-electron chi connectivity index (χ2n) is 7.31. The Balaban J connectivity index is 0.00000392. The molecule has 9 heteroatoms. The van der Waals surface area contributed by atoms with Crippen LogP contribution < -0.4 is 15.2 Å². The number of halogens is 1. The summed E-state index contributed by atoms with van der Waals surface area (Å²) < 4.78 is 16.0. The van der Waals surface area contributed by atoms with Crippen LogP contribution in [-0.2, 0) is 11.3 Å². The Hall–Kier alpha value is -1.91. The molecule has 0 radical (unpaired) electrons. The van der Waals surface area contributed by atoms with Crippen LogP contribution in [0.15, 0.2) is 23.2 Å². The number of benzene rings is 1. The monoisotopic (exact) mass is 506 g/mol. The summed E-state index contributed by atoms with van der Waals surface area (Å²) in [6.45, 7) is 8.33. The molecular weight excluding hydrogens is 475 g/mol. The van der Waals surface area contributed by atoms with Crippen LogP contribution in [-0.4, -0.2) is 67.9 Å². The molecule has 28 heavy (non-hydrogen) atoms. The molecule has 1 aromatic carbocycles. The van der Waals surface area contributed by atoms with E-state index < -0.39 is 5.60 Å². The number of hydrogen-bond acceptors (Lipinski definition) is 5. The average Bonchev–Trinajstić information content (AvgIpc) is 2.64. The summed E-state index contributed by atoms with van der Waals surface area (Å²) in [7, 11) is 3.22. The number of nitrogens with two attached hydrogens (primary N) is 1. The number of hydrogen-bond donors (Lipinski definition) is 1. The molecule has 0 unspecified atom stereocenters. The summed E-state index contributed by atoms with van der Waals surface area (Å²) in [5.74, 6) is 1.89. The van der Waals surface area contributed by atoms with Gasteiger partial charge in [-0.25, -0.2) is 9.79 Å². The standard InChI is InChI=1S/C19H30N4O4.HI/c1-19(2,3)27-18(24)23-10-8-22(9-11-23)17(20)21-13-14-6-7-15(25-4)12-16(14)26-5;/h6-7,12H,8-11,13H2,1-5H3,(H2,20,21);1H. The number of piperazine rings is 1. The van der Waals surface area contributed by atoms with Gasteiger partial charge in [-0.05, 0) is 32.9 Å². The molecule has 1 aliphatic rings. The summed E-state index contributed by atoms with van der Waals surface area (Å²) in [4.78, 5) is 20.3. The molecule has 0 bridgehead atoms. The molecular formula is C19H31IN4O4. The molecule has 1 heterocycles. The van der Waals surface area contributed by atoms with Crippen molar-refractivity contribution in [3.63, 3.8) is 0 Å². The lowest BCUT2D eigenvalue weighted by molar-refractivity contribution is 0.0186. The van der Waals surface area contributed by atoms with Crippen LogP contribution in [0.1, 0.15) is 26.3 Å². The minimum atomic E-state index is -0.494. The Labute approximate surface area is 184 Å². The topological polar surface area (TPSA) is 89.6 Å². The fraction of sp³-hybridized carbons (Fsp3) is 0.579. The van der Waals surface area contributed by atoms with E-state index in [0.717, 1.165) is 11.3 Å². The molecule has 1 aromatic rings. The second kappa shape index (κ2) is 10.6. The minimum absolute atomic E-state index is 0. The highest BCUT2D eigenvalue weighted by Crippen LogP contribution is 2.25. The van der Waals surface area contributed by atoms with Crippen molar-refractivity contribution in [1.82, 2.24) is 9.80 Å². The van der Waals surface area contributed by atoms with Crippen LogP contribution in [0.4, 0.5) is 4.79 Å². The first-order chi connectivity index (χ1) is 12.7. The van der Waals surface area contributed by atoms with Crippen molar-refractivity contribution in [2.45, 2.75) is 32.9 Å². The first-order valence-electron chi connectivity index (χ1n) is 8.97. The van der Waals surface area contributed by atoms with Gasteiger partial charge in [0.05, 0.1) is 20.8 Å². The van der Waals surface area contributed by atoms with Gasteiger partial charge in [0, 0.05) is 37.8 Å². The van der Waals surface area contributed by atoms with E-state index in [4.69, 9.17) is 19.9 Å². The molecule has 0 saturated carbocycles. The number of carbonyl (C=O) groups excluding carboxylic acids is 1. The van der Waals surface area contributed by atoms with Gasteiger partial charge in [0.1, 0.15) is 17.1 Å². The molecule has 158 valence electrons. The Morgan fingerprint density at radius 3 is 2.25 bits per heavy atom. The lowest BCUT2D eigenvalue weighted by Crippen LogP contribution is -2.53. The summed E-state index contributed by atoms with van der Waals surface area (Å²) in [6.07, 6.45) is -0.291. The molecule has 1 saturated heterocycles. The predicted molar refractivity (Wildman–Crippen MR) is 120 cm³/mol. The second-order valence-corrected chi connectivity index (χ2v) is 7.31. The third-order valence-electron chi connectivity index (χ3n) is 4.16. The van der Waals surface area contributed by atoms with Crippen LogP contribution in [0.25, 0.3) is 0 Å². The zero-order valence-electron chi connectivity index (χ0n) is 17.2. The third-order valence-corrected chi connectivity index (χ3v) is 4.16. The van der Waals surface area contributed by atoms with E-state index in [0.29, 0.717) is 44.4 Å². The number of amides is 1. The van der Waals surface area contributed by atoms with Crippen molar-refractivity contribution in [1.29, 1.82) is 0 Å². The number of aliphatic imine (C=N–C) groups is 1. The molecule has 1 fully saturated rings. The van der Waals surface area contributed by atoms with Crippen molar-refractivity contribution < 1.29 is 19.0 Å². The van der Waals surface area contributed by atoms with Crippen molar-refractivity contribution in [3.8, 4) is 11.5 Å². The molecule has 0 atom stereocenters. The molecule has 0 spiro atoms. The normalized spacial score (nSPS) is 15.0. The molecule has 2 rings (SSSR count). The number of rotatable bonds is 4. The van der Waals surface area contributed by atoms with E-state index >= 15 is 0 Å². The van der Waals surface area contributed by atoms with Gasteiger partial charge < -0.3 is 29.7 Å². The zero-order chi connectivity index (χ0) is 20.0. The summed E-state index contributed by atoms with van der Waals surface area (Å²) in [6, 6.07) is 5.60. The van der Waals surface area contributed by atoms with Gasteiger partial charge in [0.2, 0.25) is 0 Å². The maximum atomic E-state index is 12.1. The Morgan fingerprint density at radius 1 is 1.11 bits per heavy atom. The van der Waals surface area contributed by atoms with E-state index in [-0.39, 0.29) is 30.1 Å². The van der Waals surface area contributed by atoms with Gasteiger partial charge in [0.25, 0.3) is 0 Å². The molecule has 0 aliphatic carbocycles. The van der Waals surface area contributed by atoms with Crippen molar-refractivity contribution in [2.75, 3.05) is 40.4 Å². The lowest BCUT2D eigenvalue weighted by Gasteiger charge is -2.36. The number of methoxy groups -OCH3 is 2. The quantitative estimate of drug-likeness (QED) is 0.384. The molecule has 1 aliphatic heterocycles. The molecule has 2 N–H and O–H groups in total. The highest BCUT2D eigenvalue weighted by molar-refractivity contribution is 14.0. The van der Waals surface area contributed by atoms with Gasteiger partial charge >= 0.3 is 6.09 Å². The van der Waals surface area contributed by atoms with Gasteiger partial charge in [-0.3, -0.25) is 0 Å². The fourth-order valence-electron chi connectivity index (χ4n) is 2.69. The maximum absolute atomic E-state index is 12.1. The van der Waals surface area contributed by atoms with Crippen molar-refractivity contribution in [3.05, 3.63) is 23.8 Å². The van der Waals surface area contributed by atoms with Crippen LogP contribution in [0.5, 0.6) is 11.5 Å². The van der Waals surface area contributed by atoms with E-state index in [1.807, 2.05) is 43.9 Å². The fourth-order valence-corrected chi connectivity index (χ4v) is 2.69. The number of guanidine groups is 1. The van der Waals surface area contributed by atoms with Gasteiger partial charge in [-0.2, -0.15) is 0 Å². The van der Waals surface area contributed by atoms with E-state index in [2.05, 4.69) is 4.99 Å². The Kier molecular flexibility index (Phi) is 9.12. The Morgan fingerprint density at radius 2 is 1.71 bits per heavy atom. The zero-order valence-corrected chi connectivity index (χ0v) is 19.6. The van der Waals surface area contributed by atoms with E-state index in [1.54, 1.807) is 19.1 Å². The number of ether oxygens (including phenoxy) is 3. The van der Waals surface area contributed by atoms with Gasteiger partial charge in [-0.1, -0.05) is 0 Å². The molecule has 8 nitrogen and oxygen atoms in total.